The minimum absolute atomic E-state index is 0.0173. The molecule has 2 rings (SSSR count). The van der Waals surface area contributed by atoms with Crippen molar-refractivity contribution in [3.8, 4) is 5.75 Å². The van der Waals surface area contributed by atoms with Gasteiger partial charge in [-0.3, -0.25) is 4.79 Å². The zero-order valence-electron chi connectivity index (χ0n) is 13.6. The fraction of sp³-hybridized carbons (Fsp3) is 0.500. The van der Waals surface area contributed by atoms with Crippen molar-refractivity contribution in [2.75, 3.05) is 0 Å². The lowest BCUT2D eigenvalue weighted by Crippen LogP contribution is -2.56. The first-order chi connectivity index (χ1) is 11.0. The van der Waals surface area contributed by atoms with Crippen LogP contribution < -0.4 is 0 Å². The van der Waals surface area contributed by atoms with Crippen molar-refractivity contribution in [1.82, 2.24) is 5.01 Å². The predicted molar refractivity (Wildman–Crippen MR) is 81.5 cm³/mol. The predicted octanol–water partition coefficient (Wildman–Crippen LogP) is 3.20. The Bertz CT molecular complexity index is 686. The van der Waals surface area contributed by atoms with Crippen LogP contribution in [0.25, 0.3) is 0 Å². The van der Waals surface area contributed by atoms with Crippen LogP contribution in [0.5, 0.6) is 5.75 Å². The lowest BCUT2D eigenvalue weighted by atomic mass is 9.99. The number of phenols is 1. The Morgan fingerprint density at radius 1 is 1.42 bits per heavy atom. The number of phenolic OH excluding ortho intramolecular Hbond substituents is 1. The number of amides is 1. The SMILES string of the molecule is Cc1cccc(C(=O)N2N=C(CC(C)C)C[C@]2(O)C(F)(F)F)c1O. The lowest BCUT2D eigenvalue weighted by molar-refractivity contribution is -0.297. The van der Waals surface area contributed by atoms with Crippen LogP contribution in [-0.4, -0.2) is 38.7 Å². The molecular weight excluding hydrogens is 325 g/mol. The Hall–Kier alpha value is -2.09. The summed E-state index contributed by atoms with van der Waals surface area (Å²) in [5, 5.41) is 23.9. The van der Waals surface area contributed by atoms with Crippen LogP contribution in [0.4, 0.5) is 13.2 Å². The van der Waals surface area contributed by atoms with Gasteiger partial charge >= 0.3 is 6.18 Å². The largest absolute Gasteiger partial charge is 0.507 e. The Balaban J connectivity index is 2.48. The quantitative estimate of drug-likeness (QED) is 0.884. The third-order valence-electron chi connectivity index (χ3n) is 3.80. The highest BCUT2D eigenvalue weighted by Crippen LogP contribution is 2.42. The number of nitrogens with zero attached hydrogens (tertiary/aromatic N) is 2. The summed E-state index contributed by atoms with van der Waals surface area (Å²) in [6.07, 6.45) is -5.65. The van der Waals surface area contributed by atoms with Crippen molar-refractivity contribution in [2.45, 2.75) is 45.5 Å². The van der Waals surface area contributed by atoms with Crippen LogP contribution in [0, 0.1) is 12.8 Å². The van der Waals surface area contributed by atoms with Crippen molar-refractivity contribution in [3.05, 3.63) is 29.3 Å². The smallest absolute Gasteiger partial charge is 0.438 e. The van der Waals surface area contributed by atoms with E-state index in [1.807, 2.05) is 0 Å². The Kier molecular flexibility index (Phi) is 4.63. The van der Waals surface area contributed by atoms with Gasteiger partial charge in [-0.05, 0) is 30.9 Å². The van der Waals surface area contributed by atoms with E-state index >= 15 is 0 Å². The summed E-state index contributed by atoms with van der Waals surface area (Å²) in [7, 11) is 0. The maximum absolute atomic E-state index is 13.4. The topological polar surface area (TPSA) is 73.1 Å². The Morgan fingerprint density at radius 3 is 2.58 bits per heavy atom. The molecule has 8 heteroatoms. The molecule has 0 radical (unpaired) electrons. The van der Waals surface area contributed by atoms with Crippen LogP contribution in [-0.2, 0) is 0 Å². The molecule has 0 aromatic heterocycles. The van der Waals surface area contributed by atoms with E-state index in [0.717, 1.165) is 0 Å². The van der Waals surface area contributed by atoms with Crippen LogP contribution in [0.15, 0.2) is 23.3 Å². The van der Waals surface area contributed by atoms with Crippen LogP contribution in [0.2, 0.25) is 0 Å². The number of aliphatic hydroxyl groups is 1. The lowest BCUT2D eigenvalue weighted by Gasteiger charge is -2.32. The van der Waals surface area contributed by atoms with E-state index in [0.29, 0.717) is 5.56 Å². The third-order valence-corrected chi connectivity index (χ3v) is 3.80. The van der Waals surface area contributed by atoms with Crippen LogP contribution in [0.1, 0.15) is 42.6 Å². The minimum atomic E-state index is -5.08. The maximum Gasteiger partial charge on any atom is 0.438 e. The van der Waals surface area contributed by atoms with Gasteiger partial charge in [-0.25, -0.2) is 0 Å². The molecule has 1 aliphatic rings. The van der Waals surface area contributed by atoms with E-state index in [1.165, 1.54) is 25.1 Å². The summed E-state index contributed by atoms with van der Waals surface area (Å²) >= 11 is 0. The second-order valence-corrected chi connectivity index (χ2v) is 6.34. The number of halogens is 3. The fourth-order valence-electron chi connectivity index (χ4n) is 2.58. The molecule has 5 nitrogen and oxygen atoms in total. The van der Waals surface area contributed by atoms with E-state index < -0.39 is 30.0 Å². The number of carbonyl (C=O) groups excluding carboxylic acids is 1. The van der Waals surface area contributed by atoms with Gasteiger partial charge in [0.25, 0.3) is 11.6 Å². The Labute approximate surface area is 137 Å². The standard InChI is InChI=1S/C16H19F3N2O3/c1-9(2)7-11-8-15(24,16(17,18)19)21(20-11)14(23)12-6-4-5-10(3)13(12)22/h4-6,9,22,24H,7-8H2,1-3H3/t15-/m0/s1. The number of hydrazone groups is 1. The second-order valence-electron chi connectivity index (χ2n) is 6.34. The summed E-state index contributed by atoms with van der Waals surface area (Å²) < 4.78 is 40.1. The average molecular weight is 344 g/mol. The highest BCUT2D eigenvalue weighted by Gasteiger charge is 2.63. The number of aromatic hydroxyl groups is 1. The summed E-state index contributed by atoms with van der Waals surface area (Å²) in [4.78, 5) is 12.5. The molecule has 0 aliphatic carbocycles. The van der Waals surface area contributed by atoms with Gasteiger partial charge in [0, 0.05) is 12.1 Å². The van der Waals surface area contributed by atoms with Crippen molar-refractivity contribution in [2.24, 2.45) is 11.0 Å². The van der Waals surface area contributed by atoms with Gasteiger partial charge < -0.3 is 10.2 Å². The fourth-order valence-corrected chi connectivity index (χ4v) is 2.58. The number of rotatable bonds is 3. The maximum atomic E-state index is 13.4. The summed E-state index contributed by atoms with van der Waals surface area (Å²) in [6, 6.07) is 4.14. The second kappa shape index (κ2) is 6.08. The van der Waals surface area contributed by atoms with Crippen molar-refractivity contribution in [3.63, 3.8) is 0 Å². The Morgan fingerprint density at radius 2 is 2.04 bits per heavy atom. The normalized spacial score (nSPS) is 21.3. The van der Waals surface area contributed by atoms with Crippen LogP contribution >= 0.6 is 0 Å². The summed E-state index contributed by atoms with van der Waals surface area (Å²) in [5.74, 6) is -1.61. The molecule has 2 N–H and O–H groups in total. The number of aryl methyl sites for hydroxylation is 1. The van der Waals surface area contributed by atoms with E-state index in [4.69, 9.17) is 0 Å². The zero-order valence-corrected chi connectivity index (χ0v) is 13.6. The monoisotopic (exact) mass is 344 g/mol. The molecule has 1 atom stereocenters. The van der Waals surface area contributed by atoms with Crippen molar-refractivity contribution >= 4 is 11.6 Å². The third kappa shape index (κ3) is 3.10. The molecule has 24 heavy (non-hydrogen) atoms. The molecule has 0 spiro atoms. The van der Waals surface area contributed by atoms with Gasteiger partial charge in [0.05, 0.1) is 5.56 Å². The first-order valence-corrected chi connectivity index (χ1v) is 7.46. The molecule has 0 bridgehead atoms. The number of alkyl halides is 3. The van der Waals surface area contributed by atoms with Gasteiger partial charge in [-0.1, -0.05) is 26.0 Å². The number of hydrogen-bond donors (Lipinski definition) is 2. The molecule has 1 aromatic carbocycles. The molecule has 132 valence electrons. The van der Waals surface area contributed by atoms with Gasteiger partial charge in [0.15, 0.2) is 0 Å². The van der Waals surface area contributed by atoms with Gasteiger partial charge in [0.1, 0.15) is 5.75 Å². The van der Waals surface area contributed by atoms with E-state index in [9.17, 15) is 28.2 Å². The zero-order chi connectivity index (χ0) is 18.3. The first kappa shape index (κ1) is 18.3. The van der Waals surface area contributed by atoms with Gasteiger partial charge in [-0.15, -0.1) is 0 Å². The number of carbonyl (C=O) groups is 1. The van der Waals surface area contributed by atoms with E-state index in [2.05, 4.69) is 5.10 Å². The molecule has 0 unspecified atom stereocenters. The van der Waals surface area contributed by atoms with Gasteiger partial charge in [0.2, 0.25) is 0 Å². The summed E-state index contributed by atoms with van der Waals surface area (Å²) in [6.45, 7) is 5.11. The molecule has 0 fully saturated rings. The number of benzene rings is 1. The molecular formula is C16H19F3N2O3. The molecule has 1 heterocycles. The van der Waals surface area contributed by atoms with Crippen LogP contribution in [0.3, 0.4) is 0 Å². The molecule has 1 aliphatic heterocycles. The van der Waals surface area contributed by atoms with Crippen molar-refractivity contribution < 1.29 is 28.2 Å². The number of para-hydroxylation sites is 1. The highest BCUT2D eigenvalue weighted by atomic mass is 19.4. The molecule has 0 saturated heterocycles. The van der Waals surface area contributed by atoms with E-state index in [1.54, 1.807) is 13.8 Å². The minimum Gasteiger partial charge on any atom is -0.507 e. The van der Waals surface area contributed by atoms with Gasteiger partial charge in [-0.2, -0.15) is 23.3 Å². The molecule has 1 aromatic rings. The molecule has 1 amide bonds. The van der Waals surface area contributed by atoms with Crippen molar-refractivity contribution in [1.29, 1.82) is 0 Å². The molecule has 0 saturated carbocycles. The highest BCUT2D eigenvalue weighted by molar-refractivity contribution is 6.00. The van der Waals surface area contributed by atoms with E-state index in [-0.39, 0.29) is 28.6 Å². The first-order valence-electron chi connectivity index (χ1n) is 7.46. The average Bonchev–Trinajstić information content (AvgIpc) is 2.78. The summed E-state index contributed by atoms with van der Waals surface area (Å²) in [5.41, 5.74) is -3.33. The number of hydrogen-bond acceptors (Lipinski definition) is 4.